The SMILES string of the molecule is CCCC[Si](CCCC)(CCCC)O[C@]12C[C@H](C)C(C(=O)OC)C(=O)C[C@H]1C2(C)C. The molecule has 5 heteroatoms. The Morgan fingerprint density at radius 2 is 1.53 bits per heavy atom. The first-order chi connectivity index (χ1) is 14.1. The average Bonchev–Trinajstić information content (AvgIpc) is 3.18. The predicted molar refractivity (Wildman–Crippen MR) is 125 cm³/mol. The van der Waals surface area contributed by atoms with Gasteiger partial charge in [-0.1, -0.05) is 80.1 Å². The monoisotopic (exact) mass is 438 g/mol. The smallest absolute Gasteiger partial charge is 0.316 e. The summed E-state index contributed by atoms with van der Waals surface area (Å²) in [5, 5.41) is 0. The molecule has 4 atom stereocenters. The maximum absolute atomic E-state index is 13.0. The molecular weight excluding hydrogens is 392 g/mol. The van der Waals surface area contributed by atoms with Gasteiger partial charge in [0.25, 0.3) is 0 Å². The molecule has 0 spiro atoms. The summed E-state index contributed by atoms with van der Waals surface area (Å²) in [6.07, 6.45) is 8.58. The van der Waals surface area contributed by atoms with Crippen LogP contribution in [0.5, 0.6) is 0 Å². The van der Waals surface area contributed by atoms with E-state index in [2.05, 4.69) is 41.5 Å². The number of Topliss-reactive ketones (excluding diaryl/α,β-unsaturated/α-hetero) is 1. The molecule has 30 heavy (non-hydrogen) atoms. The molecule has 2 saturated carbocycles. The van der Waals surface area contributed by atoms with Gasteiger partial charge in [0, 0.05) is 12.3 Å². The molecule has 0 amide bonds. The van der Waals surface area contributed by atoms with Crippen molar-refractivity contribution in [2.45, 2.75) is 117 Å². The topological polar surface area (TPSA) is 52.6 Å². The van der Waals surface area contributed by atoms with Crippen molar-refractivity contribution in [1.82, 2.24) is 0 Å². The molecule has 0 heterocycles. The third-order valence-corrected chi connectivity index (χ3v) is 12.8. The Hall–Kier alpha value is -0.683. The molecule has 0 aromatic rings. The lowest BCUT2D eigenvalue weighted by molar-refractivity contribution is -0.151. The summed E-state index contributed by atoms with van der Waals surface area (Å²) in [7, 11) is -0.533. The Morgan fingerprint density at radius 3 is 1.97 bits per heavy atom. The summed E-state index contributed by atoms with van der Waals surface area (Å²) in [5.41, 5.74) is -0.243. The molecule has 1 unspecified atom stereocenters. The molecule has 0 saturated heterocycles. The molecule has 2 aliphatic carbocycles. The van der Waals surface area contributed by atoms with E-state index in [0.717, 1.165) is 6.42 Å². The van der Waals surface area contributed by atoms with Gasteiger partial charge in [-0.3, -0.25) is 9.59 Å². The zero-order chi connectivity index (χ0) is 22.6. The molecule has 0 aromatic heterocycles. The standard InChI is InChI=1S/C25H46O4Si/c1-8-11-14-30(15-12-9-2,16-13-10-3)29-25-18-19(4)22(23(27)28-7)20(26)17-21(25)24(25,5)6/h19,21-22H,8-18H2,1-7H3/t19-,21-,22?,25+/m0/s1. The van der Waals surface area contributed by atoms with Gasteiger partial charge in [-0.15, -0.1) is 0 Å². The van der Waals surface area contributed by atoms with Crippen LogP contribution in [-0.4, -0.2) is 32.8 Å². The van der Waals surface area contributed by atoms with Gasteiger partial charge in [-0.05, 0) is 35.9 Å². The Balaban J connectivity index is 2.37. The van der Waals surface area contributed by atoms with Gasteiger partial charge in [-0.25, -0.2) is 0 Å². The van der Waals surface area contributed by atoms with Crippen LogP contribution in [0.25, 0.3) is 0 Å². The number of fused-ring (bicyclic) bond motifs is 1. The van der Waals surface area contributed by atoms with E-state index in [1.807, 2.05) is 0 Å². The molecule has 0 radical (unpaired) electrons. The largest absolute Gasteiger partial charge is 0.468 e. The highest BCUT2D eigenvalue weighted by Gasteiger charge is 2.75. The van der Waals surface area contributed by atoms with Crippen LogP contribution in [0.2, 0.25) is 18.1 Å². The number of ketones is 1. The van der Waals surface area contributed by atoms with E-state index in [0.29, 0.717) is 6.42 Å². The van der Waals surface area contributed by atoms with Gasteiger partial charge in [0.1, 0.15) is 11.7 Å². The molecule has 4 nitrogen and oxygen atoms in total. The molecule has 0 bridgehead atoms. The number of hydrogen-bond donors (Lipinski definition) is 0. The molecule has 2 fully saturated rings. The van der Waals surface area contributed by atoms with Crippen molar-refractivity contribution in [2.75, 3.05) is 7.11 Å². The van der Waals surface area contributed by atoms with E-state index in [-0.39, 0.29) is 34.6 Å². The number of ether oxygens (including phenoxy) is 1. The van der Waals surface area contributed by atoms with Gasteiger partial charge >= 0.3 is 5.97 Å². The van der Waals surface area contributed by atoms with Crippen LogP contribution < -0.4 is 0 Å². The third-order valence-electron chi connectivity index (χ3n) is 8.20. The van der Waals surface area contributed by atoms with Gasteiger partial charge in [0.2, 0.25) is 0 Å². The van der Waals surface area contributed by atoms with Crippen molar-refractivity contribution in [1.29, 1.82) is 0 Å². The summed E-state index contributed by atoms with van der Waals surface area (Å²) in [6, 6.07) is 3.70. The number of rotatable bonds is 12. The lowest BCUT2D eigenvalue weighted by Crippen LogP contribution is -2.45. The van der Waals surface area contributed by atoms with E-state index < -0.39 is 14.2 Å². The Bertz CT molecular complexity index is 580. The summed E-state index contributed by atoms with van der Waals surface area (Å²) >= 11 is 0. The Kier molecular flexibility index (Phi) is 8.77. The highest BCUT2D eigenvalue weighted by atomic mass is 28.4. The number of hydrogen-bond acceptors (Lipinski definition) is 4. The fourth-order valence-electron chi connectivity index (χ4n) is 6.14. The number of esters is 1. The van der Waals surface area contributed by atoms with Crippen molar-refractivity contribution >= 4 is 20.1 Å². The van der Waals surface area contributed by atoms with E-state index in [9.17, 15) is 9.59 Å². The van der Waals surface area contributed by atoms with Crippen molar-refractivity contribution in [3.8, 4) is 0 Å². The average molecular weight is 439 g/mol. The van der Waals surface area contributed by atoms with E-state index in [4.69, 9.17) is 9.16 Å². The minimum Gasteiger partial charge on any atom is -0.468 e. The van der Waals surface area contributed by atoms with Crippen molar-refractivity contribution in [2.24, 2.45) is 23.2 Å². The van der Waals surface area contributed by atoms with Crippen LogP contribution >= 0.6 is 0 Å². The Labute approximate surface area is 186 Å². The normalized spacial score (nSPS) is 30.5. The number of methoxy groups -OCH3 is 1. The first-order valence-electron chi connectivity index (χ1n) is 12.4. The second-order valence-corrected chi connectivity index (χ2v) is 14.7. The molecule has 0 N–H and O–H groups in total. The van der Waals surface area contributed by atoms with Gasteiger partial charge < -0.3 is 9.16 Å². The summed E-state index contributed by atoms with van der Waals surface area (Å²) in [6.45, 7) is 13.4. The zero-order valence-corrected chi connectivity index (χ0v) is 21.6. The van der Waals surface area contributed by atoms with Gasteiger partial charge in [-0.2, -0.15) is 0 Å². The third kappa shape index (κ3) is 4.87. The highest BCUT2D eigenvalue weighted by molar-refractivity contribution is 6.74. The lowest BCUT2D eigenvalue weighted by atomic mass is 9.83. The summed E-state index contributed by atoms with van der Waals surface area (Å²) < 4.78 is 12.4. The summed E-state index contributed by atoms with van der Waals surface area (Å²) in [4.78, 5) is 25.4. The molecule has 2 aliphatic rings. The minimum absolute atomic E-state index is 0.000896. The number of carbonyl (C=O) groups excluding carboxylic acids is 2. The predicted octanol–water partition coefficient (Wildman–Crippen LogP) is 6.53. The van der Waals surface area contributed by atoms with Crippen LogP contribution in [0, 0.1) is 23.2 Å². The quantitative estimate of drug-likeness (QED) is 0.197. The van der Waals surface area contributed by atoms with Gasteiger partial charge in [0.15, 0.2) is 8.32 Å². The van der Waals surface area contributed by atoms with E-state index in [1.54, 1.807) is 0 Å². The number of unbranched alkanes of at least 4 members (excludes halogenated alkanes) is 3. The van der Waals surface area contributed by atoms with Crippen LogP contribution in [0.3, 0.4) is 0 Å². The second-order valence-electron chi connectivity index (χ2n) is 10.6. The first-order valence-corrected chi connectivity index (χ1v) is 15.0. The maximum Gasteiger partial charge on any atom is 0.316 e. The van der Waals surface area contributed by atoms with Crippen molar-refractivity contribution in [3.63, 3.8) is 0 Å². The van der Waals surface area contributed by atoms with E-state index in [1.165, 1.54) is 63.8 Å². The molecule has 0 aromatic carbocycles. The summed E-state index contributed by atoms with van der Waals surface area (Å²) in [5.74, 6) is -0.748. The van der Waals surface area contributed by atoms with Crippen LogP contribution in [0.4, 0.5) is 0 Å². The molecular formula is C25H46O4Si. The minimum atomic E-state index is -1.92. The van der Waals surface area contributed by atoms with Crippen molar-refractivity contribution < 1.29 is 18.8 Å². The number of carbonyl (C=O) groups is 2. The van der Waals surface area contributed by atoms with Crippen LogP contribution in [-0.2, 0) is 18.8 Å². The molecule has 0 aliphatic heterocycles. The lowest BCUT2D eigenvalue weighted by Gasteiger charge is -2.39. The van der Waals surface area contributed by atoms with Gasteiger partial charge in [0.05, 0.1) is 12.7 Å². The molecule has 2 rings (SSSR count). The van der Waals surface area contributed by atoms with Crippen LogP contribution in [0.1, 0.15) is 92.9 Å². The van der Waals surface area contributed by atoms with E-state index >= 15 is 0 Å². The second kappa shape index (κ2) is 10.3. The Morgan fingerprint density at radius 1 is 1.03 bits per heavy atom. The zero-order valence-electron chi connectivity index (χ0n) is 20.6. The highest BCUT2D eigenvalue weighted by Crippen LogP contribution is 2.71. The first kappa shape index (κ1) is 25.6. The maximum atomic E-state index is 13.0. The fraction of sp³-hybridized carbons (Fsp3) is 0.920. The van der Waals surface area contributed by atoms with Crippen molar-refractivity contribution in [3.05, 3.63) is 0 Å². The molecule has 174 valence electrons. The fourth-order valence-corrected chi connectivity index (χ4v) is 11.4. The van der Waals surface area contributed by atoms with Crippen LogP contribution in [0.15, 0.2) is 0 Å².